The predicted molar refractivity (Wildman–Crippen MR) is 82.6 cm³/mol. The fraction of sp³-hybridized carbons (Fsp3) is 0.375. The molecule has 112 valence electrons. The predicted octanol–water partition coefficient (Wildman–Crippen LogP) is 2.82. The Morgan fingerprint density at radius 2 is 1.57 bits per heavy atom. The molecule has 4 nitrogen and oxygen atoms in total. The third kappa shape index (κ3) is 2.89. The molecule has 2 aromatic rings. The molecule has 0 unspecified atom stereocenters. The van der Waals surface area contributed by atoms with Gasteiger partial charge in [0.15, 0.2) is 0 Å². The second kappa shape index (κ2) is 5.66. The van der Waals surface area contributed by atoms with Crippen LogP contribution in [0.2, 0.25) is 0 Å². The summed E-state index contributed by atoms with van der Waals surface area (Å²) in [5, 5.41) is 0. The Balaban J connectivity index is 1.72. The molecule has 0 radical (unpaired) electrons. The number of hydrogen-bond acceptors (Lipinski definition) is 2. The van der Waals surface area contributed by atoms with E-state index in [4.69, 9.17) is 0 Å². The fourth-order valence-corrected chi connectivity index (χ4v) is 4.30. The molecule has 1 aromatic heterocycles. The average molecular weight is 304 g/mol. The molecular weight excluding hydrogens is 284 g/mol. The van der Waals surface area contributed by atoms with Crippen LogP contribution in [0.1, 0.15) is 24.4 Å². The van der Waals surface area contributed by atoms with Gasteiger partial charge in [-0.1, -0.05) is 17.7 Å². The van der Waals surface area contributed by atoms with Gasteiger partial charge in [-0.25, -0.2) is 8.42 Å². The Morgan fingerprint density at radius 1 is 1.00 bits per heavy atom. The summed E-state index contributed by atoms with van der Waals surface area (Å²) in [5.41, 5.74) is 1.07. The molecule has 0 spiro atoms. The number of nitrogens with zero attached hydrogens (tertiary/aromatic N) is 2. The zero-order chi connectivity index (χ0) is 14.9. The minimum Gasteiger partial charge on any atom is -0.351 e. The van der Waals surface area contributed by atoms with Crippen molar-refractivity contribution in [3.8, 4) is 0 Å². The van der Waals surface area contributed by atoms with Crippen molar-refractivity contribution >= 4 is 10.0 Å². The van der Waals surface area contributed by atoms with E-state index in [9.17, 15) is 8.42 Å². The Bertz CT molecular complexity index is 682. The van der Waals surface area contributed by atoms with Crippen LogP contribution in [0.4, 0.5) is 0 Å². The van der Waals surface area contributed by atoms with Crippen LogP contribution in [0, 0.1) is 6.92 Å². The highest BCUT2D eigenvalue weighted by atomic mass is 32.2. The molecule has 21 heavy (non-hydrogen) atoms. The lowest BCUT2D eigenvalue weighted by Crippen LogP contribution is -2.38. The lowest BCUT2D eigenvalue weighted by Gasteiger charge is -2.32. The van der Waals surface area contributed by atoms with E-state index in [1.54, 1.807) is 16.4 Å². The van der Waals surface area contributed by atoms with Gasteiger partial charge in [-0.15, -0.1) is 0 Å². The van der Waals surface area contributed by atoms with Gasteiger partial charge in [-0.2, -0.15) is 4.31 Å². The average Bonchev–Trinajstić information content (AvgIpc) is 3.02. The van der Waals surface area contributed by atoms with Gasteiger partial charge in [0.25, 0.3) is 0 Å². The molecule has 1 saturated heterocycles. The van der Waals surface area contributed by atoms with Gasteiger partial charge in [-0.3, -0.25) is 0 Å². The van der Waals surface area contributed by atoms with Crippen LogP contribution in [-0.4, -0.2) is 30.4 Å². The highest BCUT2D eigenvalue weighted by Gasteiger charge is 2.29. The number of aryl methyl sites for hydroxylation is 1. The Morgan fingerprint density at radius 3 is 2.14 bits per heavy atom. The second-order valence-electron chi connectivity index (χ2n) is 5.58. The second-order valence-corrected chi connectivity index (χ2v) is 7.52. The van der Waals surface area contributed by atoms with Crippen LogP contribution in [0.25, 0.3) is 0 Å². The number of benzene rings is 1. The maximum atomic E-state index is 12.6. The highest BCUT2D eigenvalue weighted by molar-refractivity contribution is 7.89. The van der Waals surface area contributed by atoms with E-state index >= 15 is 0 Å². The van der Waals surface area contributed by atoms with Crippen LogP contribution in [0.5, 0.6) is 0 Å². The summed E-state index contributed by atoms with van der Waals surface area (Å²) >= 11 is 0. The Labute approximate surface area is 126 Å². The quantitative estimate of drug-likeness (QED) is 0.875. The lowest BCUT2D eigenvalue weighted by atomic mass is 10.1. The monoisotopic (exact) mass is 304 g/mol. The van der Waals surface area contributed by atoms with Crippen molar-refractivity contribution < 1.29 is 8.42 Å². The number of piperidine rings is 1. The first-order valence-electron chi connectivity index (χ1n) is 7.26. The zero-order valence-corrected chi connectivity index (χ0v) is 13.0. The van der Waals surface area contributed by atoms with Crippen molar-refractivity contribution in [1.82, 2.24) is 8.87 Å². The van der Waals surface area contributed by atoms with Gasteiger partial charge in [-0.05, 0) is 44.0 Å². The van der Waals surface area contributed by atoms with Gasteiger partial charge < -0.3 is 4.57 Å². The number of sulfonamides is 1. The van der Waals surface area contributed by atoms with E-state index in [1.807, 2.05) is 31.2 Å². The molecule has 0 atom stereocenters. The fourth-order valence-electron chi connectivity index (χ4n) is 2.83. The Hall–Kier alpha value is -1.59. The summed E-state index contributed by atoms with van der Waals surface area (Å²) in [4.78, 5) is 0.396. The Kier molecular flexibility index (Phi) is 3.87. The molecule has 2 heterocycles. The summed E-state index contributed by atoms with van der Waals surface area (Å²) in [6.45, 7) is 3.12. The summed E-state index contributed by atoms with van der Waals surface area (Å²) in [6, 6.07) is 11.5. The standard InChI is InChI=1S/C16H20N2O2S/c1-14-4-6-16(7-5-14)21(19,20)18-12-8-15(9-13-18)17-10-2-3-11-17/h2-7,10-11,15H,8-9,12-13H2,1H3. The largest absolute Gasteiger partial charge is 0.351 e. The van der Waals surface area contributed by atoms with Crippen molar-refractivity contribution in [3.63, 3.8) is 0 Å². The molecule has 0 aliphatic carbocycles. The van der Waals surface area contributed by atoms with Gasteiger partial charge in [0.2, 0.25) is 10.0 Å². The topological polar surface area (TPSA) is 42.3 Å². The summed E-state index contributed by atoms with van der Waals surface area (Å²) in [5.74, 6) is 0. The molecule has 1 aliphatic heterocycles. The molecule has 0 N–H and O–H groups in total. The van der Waals surface area contributed by atoms with E-state index < -0.39 is 10.0 Å². The molecule has 0 saturated carbocycles. The third-order valence-corrected chi connectivity index (χ3v) is 6.04. The summed E-state index contributed by atoms with van der Waals surface area (Å²) < 4.78 is 29.0. The van der Waals surface area contributed by atoms with Crippen molar-refractivity contribution in [2.45, 2.75) is 30.7 Å². The van der Waals surface area contributed by atoms with Crippen molar-refractivity contribution in [2.24, 2.45) is 0 Å². The first-order valence-corrected chi connectivity index (χ1v) is 8.71. The summed E-state index contributed by atoms with van der Waals surface area (Å²) in [6.07, 6.45) is 5.82. The first kappa shape index (κ1) is 14.4. The van der Waals surface area contributed by atoms with E-state index in [0.717, 1.165) is 18.4 Å². The molecule has 3 rings (SSSR count). The van der Waals surface area contributed by atoms with Crippen LogP contribution >= 0.6 is 0 Å². The van der Waals surface area contributed by atoms with Crippen LogP contribution in [0.3, 0.4) is 0 Å². The van der Waals surface area contributed by atoms with E-state index in [2.05, 4.69) is 17.0 Å². The molecule has 1 fully saturated rings. The number of hydrogen-bond donors (Lipinski definition) is 0. The molecule has 1 aromatic carbocycles. The number of aromatic nitrogens is 1. The minimum absolute atomic E-state index is 0.396. The van der Waals surface area contributed by atoms with Gasteiger partial charge in [0, 0.05) is 31.5 Å². The molecule has 0 amide bonds. The SMILES string of the molecule is Cc1ccc(S(=O)(=O)N2CCC(n3cccc3)CC2)cc1. The maximum absolute atomic E-state index is 12.6. The normalized spacial score (nSPS) is 18.0. The van der Waals surface area contributed by atoms with Gasteiger partial charge >= 0.3 is 0 Å². The van der Waals surface area contributed by atoms with E-state index in [1.165, 1.54) is 0 Å². The van der Waals surface area contributed by atoms with E-state index in [-0.39, 0.29) is 0 Å². The molecule has 0 bridgehead atoms. The van der Waals surface area contributed by atoms with Crippen LogP contribution in [-0.2, 0) is 10.0 Å². The molecule has 5 heteroatoms. The highest BCUT2D eigenvalue weighted by Crippen LogP contribution is 2.26. The van der Waals surface area contributed by atoms with Gasteiger partial charge in [0.1, 0.15) is 0 Å². The van der Waals surface area contributed by atoms with Gasteiger partial charge in [0.05, 0.1) is 4.90 Å². The molecular formula is C16H20N2O2S. The summed E-state index contributed by atoms with van der Waals surface area (Å²) in [7, 11) is -3.35. The van der Waals surface area contributed by atoms with Crippen molar-refractivity contribution in [1.29, 1.82) is 0 Å². The zero-order valence-electron chi connectivity index (χ0n) is 12.1. The van der Waals surface area contributed by atoms with Crippen molar-refractivity contribution in [3.05, 3.63) is 54.4 Å². The maximum Gasteiger partial charge on any atom is 0.243 e. The van der Waals surface area contributed by atoms with Crippen LogP contribution in [0.15, 0.2) is 53.7 Å². The minimum atomic E-state index is -3.35. The van der Waals surface area contributed by atoms with Crippen LogP contribution < -0.4 is 0 Å². The van der Waals surface area contributed by atoms with E-state index in [0.29, 0.717) is 24.0 Å². The lowest BCUT2D eigenvalue weighted by molar-refractivity contribution is 0.274. The third-order valence-electron chi connectivity index (χ3n) is 4.13. The molecule has 1 aliphatic rings. The smallest absolute Gasteiger partial charge is 0.243 e. The number of rotatable bonds is 3. The first-order chi connectivity index (χ1) is 10.1. The van der Waals surface area contributed by atoms with Crippen molar-refractivity contribution in [2.75, 3.05) is 13.1 Å².